The van der Waals surface area contributed by atoms with Crippen LogP contribution >= 0.6 is 15.9 Å². The predicted molar refractivity (Wildman–Crippen MR) is 125 cm³/mol. The van der Waals surface area contributed by atoms with Crippen molar-refractivity contribution in [3.05, 3.63) is 81.8 Å². The number of amides is 1. The summed E-state index contributed by atoms with van der Waals surface area (Å²) in [5, 5.41) is 6.21. The van der Waals surface area contributed by atoms with Gasteiger partial charge >= 0.3 is 0 Å². The Morgan fingerprint density at radius 2 is 1.50 bits per heavy atom. The van der Waals surface area contributed by atoms with Gasteiger partial charge in [0.15, 0.2) is 18.1 Å². The van der Waals surface area contributed by atoms with E-state index in [1.54, 1.807) is 7.11 Å². The van der Waals surface area contributed by atoms with Gasteiger partial charge in [-0.05, 0) is 55.8 Å². The average molecular weight is 469 g/mol. The highest BCUT2D eigenvalue weighted by atomic mass is 79.9. The number of carbonyl (C=O) groups is 1. The molecule has 0 bridgehead atoms. The first-order chi connectivity index (χ1) is 14.4. The van der Waals surface area contributed by atoms with E-state index in [4.69, 9.17) is 9.47 Å². The number of anilines is 2. The molecule has 0 saturated heterocycles. The Balaban J connectivity index is 1.62. The SMILES string of the molecule is COc1cc(CNc2ccc(C)cc2)c(Br)cc1OCC(=O)Nc1ccc(C)cc1. The molecule has 0 aromatic heterocycles. The molecule has 0 aliphatic carbocycles. The molecule has 6 heteroatoms. The summed E-state index contributed by atoms with van der Waals surface area (Å²) in [7, 11) is 1.58. The Hall–Kier alpha value is -2.99. The zero-order chi connectivity index (χ0) is 21.5. The first-order valence-corrected chi connectivity index (χ1v) is 10.4. The Morgan fingerprint density at radius 3 is 2.10 bits per heavy atom. The lowest BCUT2D eigenvalue weighted by Crippen LogP contribution is -2.20. The standard InChI is InChI=1S/C24H25BrN2O3/c1-16-4-8-19(9-5-16)26-14-18-12-22(29-3)23(13-21(18)25)30-15-24(28)27-20-10-6-17(2)7-11-20/h4-13,26H,14-15H2,1-3H3,(H,27,28). The maximum atomic E-state index is 12.2. The molecule has 3 aromatic rings. The van der Waals surface area contributed by atoms with Crippen LogP contribution < -0.4 is 20.1 Å². The van der Waals surface area contributed by atoms with Gasteiger partial charge in [-0.25, -0.2) is 0 Å². The van der Waals surface area contributed by atoms with Crippen LogP contribution in [0.2, 0.25) is 0 Å². The summed E-state index contributed by atoms with van der Waals surface area (Å²) in [6.45, 7) is 4.57. The fourth-order valence-corrected chi connectivity index (χ4v) is 3.29. The second-order valence-corrected chi connectivity index (χ2v) is 7.87. The molecular weight excluding hydrogens is 444 g/mol. The van der Waals surface area contributed by atoms with Gasteiger partial charge in [0, 0.05) is 22.4 Å². The van der Waals surface area contributed by atoms with Gasteiger partial charge in [0.25, 0.3) is 5.91 Å². The zero-order valence-corrected chi connectivity index (χ0v) is 18.9. The third kappa shape index (κ3) is 6.00. The Kier molecular flexibility index (Phi) is 7.36. The minimum absolute atomic E-state index is 0.113. The summed E-state index contributed by atoms with van der Waals surface area (Å²) >= 11 is 3.59. The number of aryl methyl sites for hydroxylation is 2. The normalized spacial score (nSPS) is 10.4. The first kappa shape index (κ1) is 21.7. The van der Waals surface area contributed by atoms with E-state index in [0.717, 1.165) is 27.0 Å². The maximum absolute atomic E-state index is 12.2. The molecule has 0 saturated carbocycles. The van der Waals surface area contributed by atoms with Crippen LogP contribution in [0.4, 0.5) is 11.4 Å². The third-order valence-corrected chi connectivity index (χ3v) is 5.30. The summed E-state index contributed by atoms with van der Waals surface area (Å²) in [5.41, 5.74) is 5.15. The fourth-order valence-electron chi connectivity index (χ4n) is 2.83. The van der Waals surface area contributed by atoms with E-state index in [2.05, 4.69) is 45.6 Å². The van der Waals surface area contributed by atoms with Crippen LogP contribution in [-0.2, 0) is 11.3 Å². The molecular formula is C24H25BrN2O3. The number of methoxy groups -OCH3 is 1. The summed E-state index contributed by atoms with van der Waals surface area (Å²) in [6, 6.07) is 19.6. The zero-order valence-electron chi connectivity index (χ0n) is 17.3. The van der Waals surface area contributed by atoms with Gasteiger partial charge in [-0.1, -0.05) is 51.3 Å². The summed E-state index contributed by atoms with van der Waals surface area (Å²) in [6.07, 6.45) is 0. The Bertz CT molecular complexity index is 1000. The highest BCUT2D eigenvalue weighted by molar-refractivity contribution is 9.10. The molecule has 3 rings (SSSR count). The lowest BCUT2D eigenvalue weighted by Gasteiger charge is -2.15. The van der Waals surface area contributed by atoms with Gasteiger partial charge in [-0.3, -0.25) is 4.79 Å². The minimum Gasteiger partial charge on any atom is -0.493 e. The van der Waals surface area contributed by atoms with Gasteiger partial charge in [-0.15, -0.1) is 0 Å². The van der Waals surface area contributed by atoms with Crippen molar-refractivity contribution >= 4 is 33.2 Å². The van der Waals surface area contributed by atoms with Crippen molar-refractivity contribution in [3.8, 4) is 11.5 Å². The number of hydrogen-bond donors (Lipinski definition) is 2. The van der Waals surface area contributed by atoms with Gasteiger partial charge in [0.1, 0.15) is 0 Å². The highest BCUT2D eigenvalue weighted by Gasteiger charge is 2.12. The topological polar surface area (TPSA) is 59.6 Å². The molecule has 156 valence electrons. The maximum Gasteiger partial charge on any atom is 0.262 e. The molecule has 0 fully saturated rings. The van der Waals surface area contributed by atoms with Crippen LogP contribution in [0.5, 0.6) is 11.5 Å². The number of halogens is 1. The molecule has 0 aliphatic rings. The molecule has 0 atom stereocenters. The van der Waals surface area contributed by atoms with Gasteiger partial charge < -0.3 is 20.1 Å². The predicted octanol–water partition coefficient (Wildman–Crippen LogP) is 5.70. The third-order valence-electron chi connectivity index (χ3n) is 4.56. The number of ether oxygens (including phenoxy) is 2. The smallest absolute Gasteiger partial charge is 0.262 e. The largest absolute Gasteiger partial charge is 0.493 e. The van der Waals surface area contributed by atoms with Crippen molar-refractivity contribution in [1.29, 1.82) is 0 Å². The van der Waals surface area contributed by atoms with E-state index in [-0.39, 0.29) is 12.5 Å². The molecule has 0 radical (unpaired) electrons. The quantitative estimate of drug-likeness (QED) is 0.444. The Labute approximate surface area is 185 Å². The molecule has 5 nitrogen and oxygen atoms in total. The van der Waals surface area contributed by atoms with Crippen molar-refractivity contribution in [1.82, 2.24) is 0 Å². The van der Waals surface area contributed by atoms with Crippen molar-refractivity contribution in [3.63, 3.8) is 0 Å². The fraction of sp³-hybridized carbons (Fsp3) is 0.208. The van der Waals surface area contributed by atoms with E-state index in [1.807, 2.05) is 55.5 Å². The Morgan fingerprint density at radius 1 is 0.900 bits per heavy atom. The molecule has 0 heterocycles. The number of nitrogens with one attached hydrogen (secondary N) is 2. The number of carbonyl (C=O) groups excluding carboxylic acids is 1. The summed E-state index contributed by atoms with van der Waals surface area (Å²) in [4.78, 5) is 12.2. The second-order valence-electron chi connectivity index (χ2n) is 7.02. The van der Waals surface area contributed by atoms with Crippen molar-refractivity contribution in [2.45, 2.75) is 20.4 Å². The lowest BCUT2D eigenvalue weighted by atomic mass is 10.2. The second kappa shape index (κ2) is 10.2. The summed E-state index contributed by atoms with van der Waals surface area (Å²) in [5.74, 6) is 0.840. The van der Waals surface area contributed by atoms with Gasteiger partial charge in [0.2, 0.25) is 0 Å². The number of rotatable bonds is 8. The van der Waals surface area contributed by atoms with E-state index >= 15 is 0 Å². The van der Waals surface area contributed by atoms with Gasteiger partial charge in [-0.2, -0.15) is 0 Å². The van der Waals surface area contributed by atoms with E-state index < -0.39 is 0 Å². The molecule has 3 aromatic carbocycles. The molecule has 0 aliphatic heterocycles. The monoisotopic (exact) mass is 468 g/mol. The molecule has 0 unspecified atom stereocenters. The average Bonchev–Trinajstić information content (AvgIpc) is 2.74. The van der Waals surface area contributed by atoms with Crippen LogP contribution in [0.25, 0.3) is 0 Å². The summed E-state index contributed by atoms with van der Waals surface area (Å²) < 4.78 is 12.0. The first-order valence-electron chi connectivity index (χ1n) is 9.61. The lowest BCUT2D eigenvalue weighted by molar-refractivity contribution is -0.118. The van der Waals surface area contributed by atoms with Crippen molar-refractivity contribution < 1.29 is 14.3 Å². The van der Waals surface area contributed by atoms with E-state index in [9.17, 15) is 4.79 Å². The van der Waals surface area contributed by atoms with Crippen LogP contribution in [0.3, 0.4) is 0 Å². The minimum atomic E-state index is -0.234. The van der Waals surface area contributed by atoms with Crippen LogP contribution in [-0.4, -0.2) is 19.6 Å². The van der Waals surface area contributed by atoms with Gasteiger partial charge in [0.05, 0.1) is 7.11 Å². The molecule has 0 spiro atoms. The molecule has 30 heavy (non-hydrogen) atoms. The van der Waals surface area contributed by atoms with Crippen LogP contribution in [0.1, 0.15) is 16.7 Å². The van der Waals surface area contributed by atoms with Crippen molar-refractivity contribution in [2.75, 3.05) is 24.4 Å². The molecule has 2 N–H and O–H groups in total. The van der Waals surface area contributed by atoms with Crippen LogP contribution in [0, 0.1) is 13.8 Å². The van der Waals surface area contributed by atoms with E-state index in [1.165, 1.54) is 5.56 Å². The van der Waals surface area contributed by atoms with Crippen LogP contribution in [0.15, 0.2) is 65.1 Å². The number of hydrogen-bond acceptors (Lipinski definition) is 4. The highest BCUT2D eigenvalue weighted by Crippen LogP contribution is 2.34. The number of benzene rings is 3. The molecule has 1 amide bonds. The van der Waals surface area contributed by atoms with E-state index in [0.29, 0.717) is 18.0 Å². The van der Waals surface area contributed by atoms with Crippen molar-refractivity contribution in [2.24, 2.45) is 0 Å².